The zero-order chi connectivity index (χ0) is 16.8. The maximum atomic E-state index is 11.5. The Bertz CT molecular complexity index is 1120. The monoisotopic (exact) mass is 324 g/mol. The first-order valence-electron chi connectivity index (χ1n) is 7.48. The SMILES string of the molecule is Cc1nc2cc(=O)[nH]n2c(C)c1CNc1ncnc2c1ncn2C. The molecule has 0 aliphatic rings. The fourth-order valence-corrected chi connectivity index (χ4v) is 2.86. The molecule has 9 heteroatoms. The summed E-state index contributed by atoms with van der Waals surface area (Å²) in [5.41, 5.74) is 4.73. The molecule has 0 unspecified atom stereocenters. The maximum absolute atomic E-state index is 11.5. The molecule has 4 aromatic rings. The average Bonchev–Trinajstić information content (AvgIpc) is 3.11. The lowest BCUT2D eigenvalue weighted by Crippen LogP contribution is -2.11. The van der Waals surface area contributed by atoms with Crippen molar-refractivity contribution >= 4 is 22.6 Å². The Hall–Kier alpha value is -3.23. The lowest BCUT2D eigenvalue weighted by Gasteiger charge is -2.12. The molecule has 9 nitrogen and oxygen atoms in total. The summed E-state index contributed by atoms with van der Waals surface area (Å²) < 4.78 is 3.54. The minimum Gasteiger partial charge on any atom is -0.364 e. The molecule has 0 saturated heterocycles. The quantitative estimate of drug-likeness (QED) is 0.581. The number of nitrogens with zero attached hydrogens (tertiary/aromatic N) is 6. The number of fused-ring (bicyclic) bond motifs is 2. The van der Waals surface area contributed by atoms with E-state index < -0.39 is 0 Å². The smallest absolute Gasteiger partial charge is 0.266 e. The molecule has 0 aliphatic carbocycles. The topological polar surface area (TPSA) is 106 Å². The van der Waals surface area contributed by atoms with Crippen molar-refractivity contribution in [1.82, 2.24) is 34.1 Å². The van der Waals surface area contributed by atoms with Crippen molar-refractivity contribution < 1.29 is 0 Å². The lowest BCUT2D eigenvalue weighted by molar-refractivity contribution is 0.841. The molecule has 2 N–H and O–H groups in total. The predicted molar refractivity (Wildman–Crippen MR) is 88.9 cm³/mol. The van der Waals surface area contributed by atoms with Gasteiger partial charge in [0, 0.05) is 36.6 Å². The van der Waals surface area contributed by atoms with Crippen LogP contribution in [0.4, 0.5) is 5.82 Å². The molecule has 4 heterocycles. The van der Waals surface area contributed by atoms with E-state index in [0.29, 0.717) is 18.0 Å². The number of aromatic amines is 1. The number of imidazole rings is 1. The van der Waals surface area contributed by atoms with Gasteiger partial charge in [0.15, 0.2) is 17.1 Å². The second-order valence-corrected chi connectivity index (χ2v) is 5.68. The number of hydrogen-bond donors (Lipinski definition) is 2. The molecular weight excluding hydrogens is 308 g/mol. The van der Waals surface area contributed by atoms with Crippen molar-refractivity contribution in [3.05, 3.63) is 46.0 Å². The van der Waals surface area contributed by atoms with Crippen molar-refractivity contribution in [3.63, 3.8) is 0 Å². The molecule has 0 aliphatic heterocycles. The lowest BCUT2D eigenvalue weighted by atomic mass is 10.1. The fourth-order valence-electron chi connectivity index (χ4n) is 2.86. The van der Waals surface area contributed by atoms with E-state index in [-0.39, 0.29) is 5.56 Å². The highest BCUT2D eigenvalue weighted by Crippen LogP contribution is 2.19. The van der Waals surface area contributed by atoms with Crippen LogP contribution in [-0.2, 0) is 13.6 Å². The Balaban J connectivity index is 1.73. The van der Waals surface area contributed by atoms with Crippen LogP contribution < -0.4 is 10.9 Å². The number of rotatable bonds is 3. The van der Waals surface area contributed by atoms with Gasteiger partial charge in [0.1, 0.15) is 11.8 Å². The first kappa shape index (κ1) is 14.4. The number of aromatic nitrogens is 7. The van der Waals surface area contributed by atoms with Crippen LogP contribution in [0.2, 0.25) is 0 Å². The number of nitrogens with one attached hydrogen (secondary N) is 2. The molecule has 0 amide bonds. The van der Waals surface area contributed by atoms with Gasteiger partial charge in [-0.1, -0.05) is 0 Å². The van der Waals surface area contributed by atoms with Gasteiger partial charge >= 0.3 is 0 Å². The zero-order valence-corrected chi connectivity index (χ0v) is 13.5. The summed E-state index contributed by atoms with van der Waals surface area (Å²) in [6.45, 7) is 4.40. The van der Waals surface area contributed by atoms with Crippen molar-refractivity contribution in [2.45, 2.75) is 20.4 Å². The predicted octanol–water partition coefficient (Wildman–Crippen LogP) is 0.928. The molecule has 0 bridgehead atoms. The van der Waals surface area contributed by atoms with E-state index in [2.05, 4.69) is 30.4 Å². The van der Waals surface area contributed by atoms with Crippen LogP contribution in [0, 0.1) is 13.8 Å². The van der Waals surface area contributed by atoms with Crippen LogP contribution in [0.5, 0.6) is 0 Å². The fraction of sp³-hybridized carbons (Fsp3) is 0.267. The van der Waals surface area contributed by atoms with Crippen LogP contribution in [0.3, 0.4) is 0 Å². The summed E-state index contributed by atoms with van der Waals surface area (Å²) in [4.78, 5) is 28.8. The summed E-state index contributed by atoms with van der Waals surface area (Å²) in [6, 6.07) is 1.49. The average molecular weight is 324 g/mol. The highest BCUT2D eigenvalue weighted by molar-refractivity contribution is 5.82. The van der Waals surface area contributed by atoms with Crippen molar-refractivity contribution in [1.29, 1.82) is 0 Å². The van der Waals surface area contributed by atoms with Crippen LogP contribution >= 0.6 is 0 Å². The van der Waals surface area contributed by atoms with E-state index in [1.165, 1.54) is 12.4 Å². The van der Waals surface area contributed by atoms with Gasteiger partial charge in [0.2, 0.25) is 0 Å². The summed E-state index contributed by atoms with van der Waals surface area (Å²) in [6.07, 6.45) is 3.22. The molecule has 4 aromatic heterocycles. The Morgan fingerprint density at radius 2 is 2.08 bits per heavy atom. The van der Waals surface area contributed by atoms with Crippen LogP contribution in [0.15, 0.2) is 23.5 Å². The summed E-state index contributed by atoms with van der Waals surface area (Å²) in [5.74, 6) is 0.667. The maximum Gasteiger partial charge on any atom is 0.266 e. The van der Waals surface area contributed by atoms with E-state index in [1.54, 1.807) is 10.8 Å². The third kappa shape index (κ3) is 2.13. The Labute approximate surface area is 136 Å². The molecule has 0 spiro atoms. The van der Waals surface area contributed by atoms with Crippen LogP contribution in [0.25, 0.3) is 16.8 Å². The van der Waals surface area contributed by atoms with Gasteiger partial charge in [0.25, 0.3) is 5.56 Å². The zero-order valence-electron chi connectivity index (χ0n) is 13.5. The van der Waals surface area contributed by atoms with Gasteiger partial charge in [-0.3, -0.25) is 9.89 Å². The summed E-state index contributed by atoms with van der Waals surface area (Å²) in [7, 11) is 1.89. The molecule has 0 atom stereocenters. The van der Waals surface area contributed by atoms with E-state index in [1.807, 2.05) is 25.5 Å². The minimum atomic E-state index is -0.166. The van der Waals surface area contributed by atoms with Crippen molar-refractivity contribution in [3.8, 4) is 0 Å². The molecule has 4 rings (SSSR count). The van der Waals surface area contributed by atoms with Gasteiger partial charge in [-0.25, -0.2) is 24.5 Å². The largest absolute Gasteiger partial charge is 0.364 e. The van der Waals surface area contributed by atoms with Gasteiger partial charge in [-0.2, -0.15) is 0 Å². The van der Waals surface area contributed by atoms with Crippen molar-refractivity contribution in [2.75, 3.05) is 5.32 Å². The number of anilines is 1. The normalized spacial score (nSPS) is 11.5. The Morgan fingerprint density at radius 1 is 1.25 bits per heavy atom. The molecule has 122 valence electrons. The molecule has 0 saturated carbocycles. The Kier molecular flexibility index (Phi) is 3.08. The second kappa shape index (κ2) is 5.15. The van der Waals surface area contributed by atoms with E-state index in [9.17, 15) is 4.79 Å². The number of H-pyrrole nitrogens is 1. The number of hydrogen-bond acceptors (Lipinski definition) is 6. The molecule has 0 radical (unpaired) electrons. The standard InChI is InChI=1S/C15H16N8O/c1-8-10(9(2)23-11(20-8)4-12(24)21-23)5-16-14-13-15(18-6-17-14)22(3)7-19-13/h4,6-7H,5H2,1-3H3,(H,21,24)(H,16,17,18). The van der Waals surface area contributed by atoms with E-state index in [0.717, 1.165) is 28.1 Å². The van der Waals surface area contributed by atoms with Crippen molar-refractivity contribution in [2.24, 2.45) is 7.05 Å². The molecule has 0 fully saturated rings. The third-order valence-corrected chi connectivity index (χ3v) is 4.13. The van der Waals surface area contributed by atoms with Crippen LogP contribution in [0.1, 0.15) is 17.0 Å². The van der Waals surface area contributed by atoms with Gasteiger partial charge in [-0.15, -0.1) is 0 Å². The van der Waals surface area contributed by atoms with Gasteiger partial charge in [-0.05, 0) is 13.8 Å². The molecule has 0 aromatic carbocycles. The van der Waals surface area contributed by atoms with E-state index >= 15 is 0 Å². The summed E-state index contributed by atoms with van der Waals surface area (Å²) >= 11 is 0. The highest BCUT2D eigenvalue weighted by Gasteiger charge is 2.13. The number of aryl methyl sites for hydroxylation is 3. The van der Waals surface area contributed by atoms with E-state index in [4.69, 9.17) is 0 Å². The molecule has 24 heavy (non-hydrogen) atoms. The summed E-state index contributed by atoms with van der Waals surface area (Å²) in [5, 5.41) is 6.05. The first-order valence-corrected chi connectivity index (χ1v) is 7.48. The first-order chi connectivity index (χ1) is 11.5. The Morgan fingerprint density at radius 3 is 2.92 bits per heavy atom. The van der Waals surface area contributed by atoms with Crippen LogP contribution in [-0.4, -0.2) is 34.1 Å². The minimum absolute atomic E-state index is 0.166. The molecular formula is C15H16N8O. The third-order valence-electron chi connectivity index (χ3n) is 4.13. The van der Waals surface area contributed by atoms with Gasteiger partial charge in [0.05, 0.1) is 6.33 Å². The highest BCUT2D eigenvalue weighted by atomic mass is 16.1. The van der Waals surface area contributed by atoms with Gasteiger partial charge < -0.3 is 9.88 Å². The second-order valence-electron chi connectivity index (χ2n) is 5.68.